The van der Waals surface area contributed by atoms with Crippen LogP contribution in [0.1, 0.15) is 73.4 Å². The maximum absolute atomic E-state index is 15.8. The Morgan fingerprint density at radius 3 is 2.40 bits per heavy atom. The molecular weight excluding hydrogens is 578 g/mol. The number of pyridine rings is 1. The molecule has 244 valence electrons. The average molecular weight is 625 g/mol. The summed E-state index contributed by atoms with van der Waals surface area (Å²) in [5, 5.41) is 0. The van der Waals surface area contributed by atoms with Gasteiger partial charge in [-0.2, -0.15) is 0 Å². The number of methoxy groups -OCH3 is 1. The van der Waals surface area contributed by atoms with Gasteiger partial charge in [0.1, 0.15) is 46.4 Å². The summed E-state index contributed by atoms with van der Waals surface area (Å²) in [4.78, 5) is 30.8. The number of ether oxygens (including phenoxy) is 2. The largest absolute Gasteiger partial charge is 0.494 e. The van der Waals surface area contributed by atoms with Gasteiger partial charge in [0.25, 0.3) is 0 Å². The Labute approximate surface area is 265 Å². The lowest BCUT2D eigenvalue weighted by atomic mass is 9.95. The van der Waals surface area contributed by atoms with Gasteiger partial charge in [0.15, 0.2) is 0 Å². The van der Waals surface area contributed by atoms with Crippen molar-refractivity contribution >= 4 is 23.3 Å². The number of benzene rings is 1. The van der Waals surface area contributed by atoms with Gasteiger partial charge in [-0.1, -0.05) is 19.9 Å². The van der Waals surface area contributed by atoms with E-state index >= 15 is 8.78 Å². The van der Waals surface area contributed by atoms with Crippen molar-refractivity contribution in [2.45, 2.75) is 91.6 Å². The van der Waals surface area contributed by atoms with Crippen LogP contribution in [0.4, 0.5) is 25.0 Å². The van der Waals surface area contributed by atoms with Crippen molar-refractivity contribution in [3.63, 3.8) is 0 Å². The van der Waals surface area contributed by atoms with Gasteiger partial charge in [0.05, 0.1) is 19.3 Å². The van der Waals surface area contributed by atoms with E-state index in [4.69, 9.17) is 14.5 Å². The predicted molar refractivity (Wildman–Crippen MR) is 173 cm³/mol. The number of anilines is 2. The first-order valence-electron chi connectivity index (χ1n) is 15.8. The number of para-hydroxylation sites is 1. The molecule has 0 saturated carbocycles. The molecule has 0 N–H and O–H groups in total. The van der Waals surface area contributed by atoms with Gasteiger partial charge in [-0.05, 0) is 72.1 Å². The Bertz CT molecular complexity index is 1500. The van der Waals surface area contributed by atoms with Crippen molar-refractivity contribution in [3.8, 4) is 5.75 Å². The normalized spacial score (nSPS) is 22.5. The maximum Gasteiger partial charge on any atom is 0.410 e. The van der Waals surface area contributed by atoms with Crippen molar-refractivity contribution in [2.75, 3.05) is 43.1 Å². The maximum atomic E-state index is 15.8. The zero-order valence-corrected chi connectivity index (χ0v) is 27.9. The third-order valence-corrected chi connectivity index (χ3v) is 8.63. The van der Waals surface area contributed by atoms with E-state index in [-0.39, 0.29) is 35.7 Å². The van der Waals surface area contributed by atoms with Crippen LogP contribution in [0, 0.1) is 11.6 Å². The molecule has 1 aromatic carbocycles. The number of nitrogens with zero attached hydrogens (tertiary/aromatic N) is 6. The molecule has 1 unspecified atom stereocenters. The molecule has 0 aliphatic carbocycles. The second-order valence-corrected chi connectivity index (χ2v) is 13.5. The first-order chi connectivity index (χ1) is 21.2. The molecule has 1 saturated heterocycles. The van der Waals surface area contributed by atoms with Gasteiger partial charge in [-0.3, -0.25) is 4.98 Å². The van der Waals surface area contributed by atoms with E-state index in [9.17, 15) is 4.79 Å². The zero-order chi connectivity index (χ0) is 32.8. The highest BCUT2D eigenvalue weighted by atomic mass is 19.1. The minimum atomic E-state index is -0.589. The van der Waals surface area contributed by atoms with Crippen LogP contribution in [0.2, 0.25) is 0 Å². The molecule has 3 aliphatic heterocycles. The molecule has 1 aromatic heterocycles. The minimum Gasteiger partial charge on any atom is -0.494 e. The molecule has 3 atom stereocenters. The predicted octanol–water partition coefficient (Wildman–Crippen LogP) is 6.55. The van der Waals surface area contributed by atoms with Gasteiger partial charge < -0.3 is 29.1 Å². The first kappa shape index (κ1) is 32.5. The number of amides is 1. The molecule has 45 heavy (non-hydrogen) atoms. The second kappa shape index (κ2) is 12.5. The Morgan fingerprint density at radius 2 is 1.73 bits per heavy atom. The van der Waals surface area contributed by atoms with E-state index in [0.29, 0.717) is 55.4 Å². The summed E-state index contributed by atoms with van der Waals surface area (Å²) in [6, 6.07) is 6.02. The fraction of sp³-hybridized carbons (Fsp3) is 0.559. The number of rotatable bonds is 4. The summed E-state index contributed by atoms with van der Waals surface area (Å²) in [7, 11) is 1.53. The smallest absolute Gasteiger partial charge is 0.410 e. The van der Waals surface area contributed by atoms with Crippen molar-refractivity contribution in [3.05, 3.63) is 59.1 Å². The van der Waals surface area contributed by atoms with Gasteiger partial charge in [-0.15, -0.1) is 0 Å². The van der Waals surface area contributed by atoms with Crippen LogP contribution < -0.4 is 14.5 Å². The van der Waals surface area contributed by atoms with Crippen LogP contribution in [-0.2, 0) is 4.74 Å². The average Bonchev–Trinajstić information content (AvgIpc) is 2.96. The van der Waals surface area contributed by atoms with Crippen LogP contribution in [0.5, 0.6) is 5.75 Å². The van der Waals surface area contributed by atoms with Crippen molar-refractivity contribution in [1.82, 2.24) is 14.8 Å². The fourth-order valence-corrected chi connectivity index (χ4v) is 6.58. The standard InChI is InChI=1S/C34H46F2N6O3/c1-20(2)29-31(26(36)13-15-37-29)42-23(5)38-32(40-17-22(4)41(18-21(40)3)33(43)45-34(6,7)8)24-14-16-39(19-27(24)42)30-25(35)11-10-12-28(30)44-9/h10-13,15,20-23H,14,16-19H2,1-9H3/t21-,22+,23?/m0/s1. The van der Waals surface area contributed by atoms with Crippen LogP contribution >= 0.6 is 0 Å². The third-order valence-electron chi connectivity index (χ3n) is 8.63. The van der Waals surface area contributed by atoms with Crippen LogP contribution in [0.15, 0.2) is 46.7 Å². The number of amidine groups is 1. The highest BCUT2D eigenvalue weighted by Gasteiger charge is 2.42. The van der Waals surface area contributed by atoms with Crippen molar-refractivity contribution in [2.24, 2.45) is 4.99 Å². The van der Waals surface area contributed by atoms with Gasteiger partial charge in [0.2, 0.25) is 0 Å². The molecule has 3 aliphatic rings. The molecule has 9 nitrogen and oxygen atoms in total. The monoisotopic (exact) mass is 624 g/mol. The number of hydrogen-bond acceptors (Lipinski definition) is 8. The Morgan fingerprint density at radius 1 is 1.02 bits per heavy atom. The second-order valence-electron chi connectivity index (χ2n) is 13.5. The molecule has 2 aromatic rings. The fourth-order valence-electron chi connectivity index (χ4n) is 6.58. The Balaban J connectivity index is 1.58. The minimum absolute atomic E-state index is 0.0366. The summed E-state index contributed by atoms with van der Waals surface area (Å²) in [6.07, 6.45) is 1.26. The molecule has 0 spiro atoms. The summed E-state index contributed by atoms with van der Waals surface area (Å²) >= 11 is 0. The highest BCUT2D eigenvalue weighted by molar-refractivity contribution is 6.02. The number of carbonyl (C=O) groups excluding carboxylic acids is 1. The molecular formula is C34H46F2N6O3. The van der Waals surface area contributed by atoms with E-state index < -0.39 is 11.8 Å². The van der Waals surface area contributed by atoms with Crippen LogP contribution in [-0.4, -0.2) is 83.9 Å². The number of halogens is 2. The van der Waals surface area contributed by atoms with Crippen LogP contribution in [0.3, 0.4) is 0 Å². The summed E-state index contributed by atoms with van der Waals surface area (Å²) in [5.74, 6) is 0.496. The molecule has 0 radical (unpaired) electrons. The lowest BCUT2D eigenvalue weighted by Gasteiger charge is -2.49. The first-order valence-corrected chi connectivity index (χ1v) is 15.8. The lowest BCUT2D eigenvalue weighted by Crippen LogP contribution is -2.61. The van der Waals surface area contributed by atoms with E-state index in [1.807, 2.05) is 58.3 Å². The summed E-state index contributed by atoms with van der Waals surface area (Å²) in [6.45, 7) is 17.5. The van der Waals surface area contributed by atoms with E-state index in [0.717, 1.165) is 17.1 Å². The SMILES string of the molecule is COc1cccc(F)c1N1CCC2=C(C1)N(c1c(F)ccnc1C(C)C)C(C)N=C2N1C[C@@H](C)N(C(=O)OC(C)(C)C)C[C@@H]1C. The topological polar surface area (TPSA) is 73.7 Å². The molecule has 0 bridgehead atoms. The van der Waals surface area contributed by atoms with Gasteiger partial charge in [0, 0.05) is 49.2 Å². The number of aliphatic imine (C=N–C) groups is 1. The molecule has 11 heteroatoms. The highest BCUT2D eigenvalue weighted by Crippen LogP contribution is 2.42. The summed E-state index contributed by atoms with van der Waals surface area (Å²) < 4.78 is 42.4. The quantitative estimate of drug-likeness (QED) is 0.382. The molecule has 5 rings (SSSR count). The van der Waals surface area contributed by atoms with Crippen molar-refractivity contribution in [1.29, 1.82) is 0 Å². The Kier molecular flexibility index (Phi) is 9.01. The van der Waals surface area contributed by atoms with Gasteiger partial charge in [-0.25, -0.2) is 18.6 Å². The van der Waals surface area contributed by atoms with E-state index in [1.165, 1.54) is 25.4 Å². The number of aromatic nitrogens is 1. The molecule has 4 heterocycles. The molecule has 1 amide bonds. The number of carbonyl (C=O) groups is 1. The Hall–Kier alpha value is -3.89. The van der Waals surface area contributed by atoms with Gasteiger partial charge >= 0.3 is 6.09 Å². The molecule has 1 fully saturated rings. The third kappa shape index (κ3) is 6.31. The van der Waals surface area contributed by atoms with E-state index in [2.05, 4.69) is 16.8 Å². The lowest BCUT2D eigenvalue weighted by molar-refractivity contribution is 0.000369. The number of hydrogen-bond donors (Lipinski definition) is 0. The number of piperazine rings is 1. The van der Waals surface area contributed by atoms with Crippen molar-refractivity contribution < 1.29 is 23.0 Å². The summed E-state index contributed by atoms with van der Waals surface area (Å²) in [5.41, 5.74) is 2.67. The van der Waals surface area contributed by atoms with Crippen LogP contribution in [0.25, 0.3) is 0 Å². The zero-order valence-electron chi connectivity index (χ0n) is 27.9. The van der Waals surface area contributed by atoms with E-state index in [1.54, 1.807) is 17.0 Å².